The molecular formula is C9H19NO4. The van der Waals surface area contributed by atoms with Crippen molar-refractivity contribution >= 4 is 6.09 Å². The van der Waals surface area contributed by atoms with Gasteiger partial charge in [-0.05, 0) is 19.3 Å². The van der Waals surface area contributed by atoms with E-state index in [2.05, 4.69) is 5.32 Å². The Balaban J connectivity index is 3.09. The molecule has 14 heavy (non-hydrogen) atoms. The van der Waals surface area contributed by atoms with E-state index in [1.54, 1.807) is 0 Å². The predicted molar refractivity (Wildman–Crippen MR) is 52.2 cm³/mol. The zero-order valence-corrected chi connectivity index (χ0v) is 8.28. The van der Waals surface area contributed by atoms with E-state index in [0.717, 1.165) is 19.3 Å². The molecule has 1 atom stereocenters. The summed E-state index contributed by atoms with van der Waals surface area (Å²) in [5.41, 5.74) is 0. The van der Waals surface area contributed by atoms with Gasteiger partial charge in [0.25, 0.3) is 0 Å². The molecule has 0 aliphatic carbocycles. The summed E-state index contributed by atoms with van der Waals surface area (Å²) < 4.78 is 0. The minimum absolute atomic E-state index is 0.0156. The summed E-state index contributed by atoms with van der Waals surface area (Å²) in [6, 6.07) is 0. The van der Waals surface area contributed by atoms with E-state index in [-0.39, 0.29) is 6.61 Å². The molecule has 4 N–H and O–H groups in total. The Bertz CT molecular complexity index is 152. The van der Waals surface area contributed by atoms with E-state index < -0.39 is 12.2 Å². The van der Waals surface area contributed by atoms with Crippen LogP contribution in [0.4, 0.5) is 4.79 Å². The Morgan fingerprint density at radius 1 is 1.21 bits per heavy atom. The molecule has 0 rings (SSSR count). The molecule has 0 aliphatic heterocycles. The van der Waals surface area contributed by atoms with E-state index >= 15 is 0 Å². The molecule has 0 fully saturated rings. The Kier molecular flexibility index (Phi) is 8.27. The normalized spacial score (nSPS) is 12.4. The molecule has 0 spiro atoms. The lowest BCUT2D eigenvalue weighted by molar-refractivity contribution is 0.122. The quantitative estimate of drug-likeness (QED) is 0.436. The zero-order valence-electron chi connectivity index (χ0n) is 8.28. The molecule has 1 unspecified atom stereocenters. The zero-order chi connectivity index (χ0) is 10.8. The van der Waals surface area contributed by atoms with Crippen molar-refractivity contribution in [3.63, 3.8) is 0 Å². The number of nitrogens with one attached hydrogen (secondary N) is 1. The van der Waals surface area contributed by atoms with Crippen LogP contribution in [0.1, 0.15) is 32.1 Å². The van der Waals surface area contributed by atoms with E-state index in [4.69, 9.17) is 10.2 Å². The number of unbranched alkanes of at least 4 members (excludes halogenated alkanes) is 2. The van der Waals surface area contributed by atoms with Crippen LogP contribution in [0.15, 0.2) is 0 Å². The minimum atomic E-state index is -0.995. The maximum Gasteiger partial charge on any atom is 0.404 e. The van der Waals surface area contributed by atoms with Crippen molar-refractivity contribution in [2.24, 2.45) is 0 Å². The van der Waals surface area contributed by atoms with Gasteiger partial charge in [-0.3, -0.25) is 0 Å². The monoisotopic (exact) mass is 205 g/mol. The molecular weight excluding hydrogens is 186 g/mol. The molecule has 84 valence electrons. The highest BCUT2D eigenvalue weighted by atomic mass is 16.4. The number of amides is 1. The maximum absolute atomic E-state index is 10.0. The van der Waals surface area contributed by atoms with Crippen LogP contribution < -0.4 is 5.32 Å². The first-order valence-electron chi connectivity index (χ1n) is 4.92. The number of aliphatic hydroxyl groups is 2. The molecule has 0 saturated heterocycles. The molecule has 0 heterocycles. The lowest BCUT2D eigenvalue weighted by Gasteiger charge is -2.07. The van der Waals surface area contributed by atoms with Crippen molar-refractivity contribution in [1.29, 1.82) is 0 Å². The Morgan fingerprint density at radius 3 is 2.50 bits per heavy atom. The number of hydrogen-bond donors (Lipinski definition) is 4. The van der Waals surface area contributed by atoms with Crippen LogP contribution in [-0.2, 0) is 0 Å². The maximum atomic E-state index is 10.0. The van der Waals surface area contributed by atoms with Crippen LogP contribution in [0.3, 0.4) is 0 Å². The number of carboxylic acid groups (broad SMARTS) is 1. The van der Waals surface area contributed by atoms with Gasteiger partial charge >= 0.3 is 6.09 Å². The van der Waals surface area contributed by atoms with E-state index in [0.29, 0.717) is 19.4 Å². The molecule has 1 amide bonds. The number of hydrogen-bond acceptors (Lipinski definition) is 3. The lowest BCUT2D eigenvalue weighted by atomic mass is 10.1. The first-order chi connectivity index (χ1) is 6.66. The summed E-state index contributed by atoms with van der Waals surface area (Å²) in [7, 11) is 0. The van der Waals surface area contributed by atoms with Crippen LogP contribution in [0.5, 0.6) is 0 Å². The molecule has 0 aromatic carbocycles. The van der Waals surface area contributed by atoms with Crippen LogP contribution in [0.25, 0.3) is 0 Å². The van der Waals surface area contributed by atoms with Gasteiger partial charge in [-0.2, -0.15) is 0 Å². The number of carbonyl (C=O) groups is 1. The van der Waals surface area contributed by atoms with Crippen molar-refractivity contribution in [3.8, 4) is 0 Å². The summed E-state index contributed by atoms with van der Waals surface area (Å²) in [5, 5.41) is 28.2. The van der Waals surface area contributed by atoms with Crippen molar-refractivity contribution in [2.45, 2.75) is 38.2 Å². The highest BCUT2D eigenvalue weighted by Gasteiger charge is 2.02. The Labute approximate surface area is 83.8 Å². The first kappa shape index (κ1) is 13.2. The van der Waals surface area contributed by atoms with Crippen molar-refractivity contribution in [2.75, 3.05) is 13.2 Å². The van der Waals surface area contributed by atoms with E-state index in [1.807, 2.05) is 0 Å². The van der Waals surface area contributed by atoms with Crippen LogP contribution in [-0.4, -0.2) is 40.7 Å². The molecule has 0 radical (unpaired) electrons. The summed E-state index contributed by atoms with van der Waals surface area (Å²) in [6.45, 7) is 0.479. The second kappa shape index (κ2) is 8.77. The molecule has 0 saturated carbocycles. The summed E-state index contributed by atoms with van der Waals surface area (Å²) >= 11 is 0. The predicted octanol–water partition coefficient (Wildman–Crippen LogP) is 0.558. The fraction of sp³-hybridized carbons (Fsp3) is 0.889. The smallest absolute Gasteiger partial charge is 0.404 e. The van der Waals surface area contributed by atoms with Crippen molar-refractivity contribution < 1.29 is 20.1 Å². The van der Waals surface area contributed by atoms with Gasteiger partial charge < -0.3 is 20.6 Å². The van der Waals surface area contributed by atoms with Crippen LogP contribution in [0.2, 0.25) is 0 Å². The fourth-order valence-electron chi connectivity index (χ4n) is 1.17. The highest BCUT2D eigenvalue weighted by molar-refractivity contribution is 5.64. The van der Waals surface area contributed by atoms with Gasteiger partial charge in [0.2, 0.25) is 0 Å². The molecule has 5 nitrogen and oxygen atoms in total. The largest absolute Gasteiger partial charge is 0.465 e. The third-order valence-electron chi connectivity index (χ3n) is 1.95. The Morgan fingerprint density at radius 2 is 1.93 bits per heavy atom. The standard InChI is InChI=1S/C9H19NO4/c11-7-5-8(12)4-2-1-3-6-10-9(13)14/h8,10-12H,1-7H2,(H,13,14). The third-order valence-corrected chi connectivity index (χ3v) is 1.95. The van der Waals surface area contributed by atoms with Gasteiger partial charge in [-0.15, -0.1) is 0 Å². The van der Waals surface area contributed by atoms with E-state index in [9.17, 15) is 9.90 Å². The van der Waals surface area contributed by atoms with Crippen molar-refractivity contribution in [1.82, 2.24) is 5.32 Å². The fourth-order valence-corrected chi connectivity index (χ4v) is 1.17. The molecule has 0 bridgehead atoms. The van der Waals surface area contributed by atoms with Gasteiger partial charge in [0, 0.05) is 13.2 Å². The summed E-state index contributed by atoms with van der Waals surface area (Å²) in [4.78, 5) is 10.0. The molecule has 0 aromatic heterocycles. The van der Waals surface area contributed by atoms with Gasteiger partial charge in [0.1, 0.15) is 0 Å². The van der Waals surface area contributed by atoms with Gasteiger partial charge in [-0.1, -0.05) is 12.8 Å². The molecule has 0 aromatic rings. The second-order valence-corrected chi connectivity index (χ2v) is 3.25. The number of aliphatic hydroxyl groups excluding tert-OH is 2. The van der Waals surface area contributed by atoms with E-state index in [1.165, 1.54) is 0 Å². The van der Waals surface area contributed by atoms with Gasteiger partial charge in [-0.25, -0.2) is 4.79 Å². The topological polar surface area (TPSA) is 89.8 Å². The number of rotatable bonds is 8. The molecule has 0 aliphatic rings. The average Bonchev–Trinajstić information content (AvgIpc) is 2.11. The lowest BCUT2D eigenvalue weighted by Crippen LogP contribution is -2.21. The SMILES string of the molecule is O=C(O)NCCCCCC(O)CCO. The van der Waals surface area contributed by atoms with Gasteiger partial charge in [0.15, 0.2) is 0 Å². The highest BCUT2D eigenvalue weighted by Crippen LogP contribution is 2.05. The van der Waals surface area contributed by atoms with Crippen molar-refractivity contribution in [3.05, 3.63) is 0 Å². The Hall–Kier alpha value is -0.810. The van der Waals surface area contributed by atoms with Gasteiger partial charge in [0.05, 0.1) is 6.10 Å². The third kappa shape index (κ3) is 9.28. The van der Waals surface area contributed by atoms with Crippen LogP contribution >= 0.6 is 0 Å². The first-order valence-corrected chi connectivity index (χ1v) is 4.92. The molecule has 5 heteroatoms. The average molecular weight is 205 g/mol. The van der Waals surface area contributed by atoms with Crippen LogP contribution in [0, 0.1) is 0 Å². The summed E-state index contributed by atoms with van der Waals surface area (Å²) in [5.74, 6) is 0. The second-order valence-electron chi connectivity index (χ2n) is 3.25. The summed E-state index contributed by atoms with van der Waals surface area (Å²) in [6.07, 6.45) is 2.22. The minimum Gasteiger partial charge on any atom is -0.465 e.